The number of ether oxygens (including phenoxy) is 3. The maximum atomic E-state index is 6.06. The van der Waals surface area contributed by atoms with Crippen molar-refractivity contribution in [2.24, 2.45) is 16.6 Å². The summed E-state index contributed by atoms with van der Waals surface area (Å²) in [6, 6.07) is 15.7. The van der Waals surface area contributed by atoms with Crippen LogP contribution in [0.1, 0.15) is 26.3 Å². The van der Waals surface area contributed by atoms with E-state index in [1.54, 1.807) is 0 Å². The molecular formula is C22H31N3O3. The molecule has 2 aromatic carbocycles. The SMILES string of the molecule is CCOc1ccc(OCC)c(NC(N)=NCC(C)COCc2ccccc2)c1. The van der Waals surface area contributed by atoms with Crippen molar-refractivity contribution in [3.8, 4) is 11.5 Å². The van der Waals surface area contributed by atoms with Crippen LogP contribution in [0.15, 0.2) is 53.5 Å². The lowest BCUT2D eigenvalue weighted by molar-refractivity contribution is 0.0945. The highest BCUT2D eigenvalue weighted by atomic mass is 16.5. The van der Waals surface area contributed by atoms with Gasteiger partial charge in [-0.2, -0.15) is 0 Å². The summed E-state index contributed by atoms with van der Waals surface area (Å²) in [5, 5.41) is 3.11. The van der Waals surface area contributed by atoms with Crippen LogP contribution in [0.2, 0.25) is 0 Å². The predicted molar refractivity (Wildman–Crippen MR) is 114 cm³/mol. The minimum atomic E-state index is 0.255. The maximum absolute atomic E-state index is 6.06. The quantitative estimate of drug-likeness (QED) is 0.450. The monoisotopic (exact) mass is 385 g/mol. The van der Waals surface area contributed by atoms with Crippen molar-refractivity contribution in [2.45, 2.75) is 27.4 Å². The fraction of sp³-hybridized carbons (Fsp3) is 0.409. The van der Waals surface area contributed by atoms with Crippen molar-refractivity contribution in [3.63, 3.8) is 0 Å². The Morgan fingerprint density at radius 1 is 1.07 bits per heavy atom. The topological polar surface area (TPSA) is 78.1 Å². The number of anilines is 1. The first kappa shape index (κ1) is 21.6. The highest BCUT2D eigenvalue weighted by molar-refractivity contribution is 5.94. The van der Waals surface area contributed by atoms with Crippen molar-refractivity contribution < 1.29 is 14.2 Å². The molecule has 0 aromatic heterocycles. The molecule has 2 rings (SSSR count). The summed E-state index contributed by atoms with van der Waals surface area (Å²) in [5.74, 6) is 2.06. The molecule has 0 fully saturated rings. The van der Waals surface area contributed by atoms with Crippen LogP contribution in [0.4, 0.5) is 5.69 Å². The molecule has 3 N–H and O–H groups in total. The van der Waals surface area contributed by atoms with E-state index in [0.29, 0.717) is 44.7 Å². The van der Waals surface area contributed by atoms with Crippen molar-refractivity contribution in [3.05, 3.63) is 54.1 Å². The lowest BCUT2D eigenvalue weighted by Crippen LogP contribution is -2.24. The molecule has 2 aromatic rings. The van der Waals surface area contributed by atoms with Crippen LogP contribution in [0.25, 0.3) is 0 Å². The summed E-state index contributed by atoms with van der Waals surface area (Å²) in [6.07, 6.45) is 0. The number of rotatable bonds is 11. The van der Waals surface area contributed by atoms with E-state index in [1.165, 1.54) is 0 Å². The van der Waals surface area contributed by atoms with Crippen LogP contribution in [-0.2, 0) is 11.3 Å². The molecule has 0 saturated carbocycles. The average Bonchev–Trinajstić information content (AvgIpc) is 2.69. The molecule has 6 heteroatoms. The van der Waals surface area contributed by atoms with Gasteiger partial charge in [-0.05, 0) is 37.5 Å². The highest BCUT2D eigenvalue weighted by Crippen LogP contribution is 2.29. The van der Waals surface area contributed by atoms with Crippen LogP contribution in [0.5, 0.6) is 11.5 Å². The van der Waals surface area contributed by atoms with Crippen LogP contribution in [0, 0.1) is 5.92 Å². The molecule has 0 aliphatic heterocycles. The molecule has 1 unspecified atom stereocenters. The second-order valence-electron chi connectivity index (χ2n) is 6.48. The number of nitrogens with one attached hydrogen (secondary N) is 1. The Bertz CT molecular complexity index is 735. The molecule has 0 aliphatic rings. The molecule has 152 valence electrons. The minimum Gasteiger partial charge on any atom is -0.494 e. The van der Waals surface area contributed by atoms with Gasteiger partial charge in [0.25, 0.3) is 0 Å². The number of hydrogen-bond donors (Lipinski definition) is 2. The van der Waals surface area contributed by atoms with Crippen molar-refractivity contribution in [1.82, 2.24) is 0 Å². The number of nitrogens with zero attached hydrogens (tertiary/aromatic N) is 1. The molecule has 0 spiro atoms. The molecule has 0 aliphatic carbocycles. The fourth-order valence-electron chi connectivity index (χ4n) is 2.58. The van der Waals surface area contributed by atoms with Gasteiger partial charge >= 0.3 is 0 Å². The Kier molecular flexibility index (Phi) is 9.15. The number of benzene rings is 2. The fourth-order valence-corrected chi connectivity index (χ4v) is 2.58. The van der Waals surface area contributed by atoms with Crippen LogP contribution in [-0.4, -0.2) is 32.3 Å². The second-order valence-corrected chi connectivity index (χ2v) is 6.48. The Morgan fingerprint density at radius 3 is 2.54 bits per heavy atom. The van der Waals surface area contributed by atoms with Crippen molar-refractivity contribution in [2.75, 3.05) is 31.7 Å². The zero-order chi connectivity index (χ0) is 20.2. The van der Waals surface area contributed by atoms with Gasteiger partial charge in [0.05, 0.1) is 32.1 Å². The van der Waals surface area contributed by atoms with E-state index in [9.17, 15) is 0 Å². The minimum absolute atomic E-state index is 0.255. The summed E-state index contributed by atoms with van der Waals surface area (Å²) in [7, 11) is 0. The largest absolute Gasteiger partial charge is 0.494 e. The number of nitrogens with two attached hydrogens (primary N) is 1. The molecule has 0 amide bonds. The molecule has 1 atom stereocenters. The summed E-state index contributed by atoms with van der Waals surface area (Å²) < 4.78 is 16.9. The Labute approximate surface area is 167 Å². The summed E-state index contributed by atoms with van der Waals surface area (Å²) >= 11 is 0. The first-order chi connectivity index (χ1) is 13.6. The third-order valence-electron chi connectivity index (χ3n) is 3.91. The van der Waals surface area contributed by atoms with E-state index in [0.717, 1.165) is 17.0 Å². The summed E-state index contributed by atoms with van der Waals surface area (Å²) in [6.45, 7) is 8.93. The molecule has 0 bridgehead atoms. The molecule has 6 nitrogen and oxygen atoms in total. The lowest BCUT2D eigenvalue weighted by atomic mass is 10.2. The van der Waals surface area contributed by atoms with E-state index in [2.05, 4.69) is 29.4 Å². The van der Waals surface area contributed by atoms with E-state index in [4.69, 9.17) is 19.9 Å². The zero-order valence-corrected chi connectivity index (χ0v) is 17.0. The zero-order valence-electron chi connectivity index (χ0n) is 17.0. The highest BCUT2D eigenvalue weighted by Gasteiger charge is 2.08. The van der Waals surface area contributed by atoms with E-state index >= 15 is 0 Å². The number of hydrogen-bond acceptors (Lipinski definition) is 4. The third-order valence-corrected chi connectivity index (χ3v) is 3.91. The third kappa shape index (κ3) is 7.48. The van der Waals surface area contributed by atoms with Crippen molar-refractivity contribution >= 4 is 11.6 Å². The van der Waals surface area contributed by atoms with Gasteiger partial charge in [-0.15, -0.1) is 0 Å². The molecular weight excluding hydrogens is 354 g/mol. The first-order valence-corrected chi connectivity index (χ1v) is 9.70. The van der Waals surface area contributed by atoms with Gasteiger partial charge in [-0.25, -0.2) is 0 Å². The van der Waals surface area contributed by atoms with Gasteiger partial charge in [-0.3, -0.25) is 4.99 Å². The first-order valence-electron chi connectivity index (χ1n) is 9.70. The normalized spacial score (nSPS) is 12.5. The molecule has 0 radical (unpaired) electrons. The van der Waals surface area contributed by atoms with E-state index in [-0.39, 0.29) is 5.92 Å². The number of aliphatic imine (C=N–C) groups is 1. The Hall–Kier alpha value is -2.73. The van der Waals surface area contributed by atoms with Gasteiger partial charge in [0.15, 0.2) is 5.96 Å². The second kappa shape index (κ2) is 11.9. The molecule has 0 heterocycles. The predicted octanol–water partition coefficient (Wildman–Crippen LogP) is 4.06. The van der Waals surface area contributed by atoms with E-state index in [1.807, 2.05) is 50.2 Å². The molecule has 0 saturated heterocycles. The summed E-state index contributed by atoms with van der Waals surface area (Å²) in [4.78, 5) is 4.43. The van der Waals surface area contributed by atoms with Gasteiger partial charge < -0.3 is 25.3 Å². The Morgan fingerprint density at radius 2 is 1.82 bits per heavy atom. The average molecular weight is 386 g/mol. The number of guanidine groups is 1. The lowest BCUT2D eigenvalue weighted by Gasteiger charge is -2.14. The maximum Gasteiger partial charge on any atom is 0.193 e. The van der Waals surface area contributed by atoms with Gasteiger partial charge in [0.2, 0.25) is 0 Å². The van der Waals surface area contributed by atoms with Gasteiger partial charge in [0, 0.05) is 12.6 Å². The standard InChI is InChI=1S/C22H31N3O3/c1-4-27-19-11-12-21(28-5-2)20(13-19)25-22(23)24-14-17(3)15-26-16-18-9-7-6-8-10-18/h6-13,17H,4-5,14-16H2,1-3H3,(H3,23,24,25). The molecule has 28 heavy (non-hydrogen) atoms. The van der Waals surface area contributed by atoms with Crippen LogP contribution >= 0.6 is 0 Å². The smallest absolute Gasteiger partial charge is 0.193 e. The van der Waals surface area contributed by atoms with Crippen molar-refractivity contribution in [1.29, 1.82) is 0 Å². The van der Waals surface area contributed by atoms with Gasteiger partial charge in [-0.1, -0.05) is 37.3 Å². The van der Waals surface area contributed by atoms with E-state index < -0.39 is 0 Å². The van der Waals surface area contributed by atoms with Crippen LogP contribution in [0.3, 0.4) is 0 Å². The Balaban J connectivity index is 1.86. The summed E-state index contributed by atoms with van der Waals surface area (Å²) in [5.41, 5.74) is 7.97. The van der Waals surface area contributed by atoms with Gasteiger partial charge in [0.1, 0.15) is 11.5 Å². The van der Waals surface area contributed by atoms with Crippen LogP contribution < -0.4 is 20.5 Å².